The van der Waals surface area contributed by atoms with E-state index in [2.05, 4.69) is 36.6 Å². The summed E-state index contributed by atoms with van der Waals surface area (Å²) in [5.41, 5.74) is 2.42. The first kappa shape index (κ1) is 23.4. The van der Waals surface area contributed by atoms with Crippen LogP contribution in [0.1, 0.15) is 25.0 Å². The number of anilines is 2. The number of benzene rings is 1. The molecule has 2 heterocycles. The lowest BCUT2D eigenvalue weighted by Gasteiger charge is -2.30. The molecule has 3 aromatic rings. The maximum atomic E-state index is 13.4. The van der Waals surface area contributed by atoms with E-state index < -0.39 is 16.7 Å². The highest BCUT2D eigenvalue weighted by Crippen LogP contribution is 2.26. The van der Waals surface area contributed by atoms with Crippen molar-refractivity contribution in [2.45, 2.75) is 24.3 Å². The molecule has 3 N–H and O–H groups in total. The lowest BCUT2D eigenvalue weighted by Crippen LogP contribution is -2.44. The molecule has 0 unspecified atom stereocenters. The minimum atomic E-state index is -0.492. The van der Waals surface area contributed by atoms with E-state index in [4.69, 9.17) is 4.63 Å². The van der Waals surface area contributed by atoms with Gasteiger partial charge in [-0.15, -0.1) is 0 Å². The largest absolute Gasteiger partial charge is 0.379 e. The fourth-order valence-corrected chi connectivity index (χ4v) is 4.64. The highest BCUT2D eigenvalue weighted by Gasteiger charge is 2.26. The van der Waals surface area contributed by atoms with Crippen LogP contribution in [-0.4, -0.2) is 46.7 Å². The molecule has 0 amide bonds. The van der Waals surface area contributed by atoms with E-state index in [9.17, 15) is 19.2 Å². The molecule has 1 aromatic heterocycles. The number of nitrogens with zero attached hydrogens (tertiary/aromatic N) is 4. The average Bonchev–Trinajstić information content (AvgIpc) is 3.30. The van der Waals surface area contributed by atoms with E-state index in [1.165, 1.54) is 30.0 Å². The van der Waals surface area contributed by atoms with Crippen molar-refractivity contribution >= 4 is 50.6 Å². The van der Waals surface area contributed by atoms with Crippen LogP contribution >= 0.6 is 27.7 Å². The third-order valence-corrected chi connectivity index (χ3v) is 6.69. The summed E-state index contributed by atoms with van der Waals surface area (Å²) in [5.74, 6) is 0.00451. The molecule has 33 heavy (non-hydrogen) atoms. The summed E-state index contributed by atoms with van der Waals surface area (Å²) < 4.78 is 18.5. The highest BCUT2D eigenvalue weighted by atomic mass is 79.9. The van der Waals surface area contributed by atoms with Crippen molar-refractivity contribution in [1.82, 2.24) is 15.8 Å². The van der Waals surface area contributed by atoms with Crippen LogP contribution in [0.15, 0.2) is 46.9 Å². The van der Waals surface area contributed by atoms with Gasteiger partial charge in [-0.25, -0.2) is 14.0 Å². The van der Waals surface area contributed by atoms with Crippen molar-refractivity contribution in [3.8, 4) is 0 Å². The number of aliphatic imine (C=N–C) groups is 1. The second-order valence-electron chi connectivity index (χ2n) is 7.29. The van der Waals surface area contributed by atoms with E-state index in [-0.39, 0.29) is 16.0 Å². The number of thioether (sulfide) groups is 1. The zero-order valence-corrected chi connectivity index (χ0v) is 19.7. The third kappa shape index (κ3) is 5.09. The zero-order valence-electron chi connectivity index (χ0n) is 17.3. The molecule has 1 fully saturated rings. The second-order valence-corrected chi connectivity index (χ2v) is 9.23. The smallest absolute Gasteiger partial charge is 0.253 e. The molecule has 1 aliphatic heterocycles. The summed E-state index contributed by atoms with van der Waals surface area (Å²) >= 11 is 4.35. The number of rotatable bonds is 8. The van der Waals surface area contributed by atoms with Gasteiger partial charge in [-0.2, -0.15) is 0 Å². The number of nitrogens with one attached hydrogen (secondary N) is 2. The maximum absolute atomic E-state index is 13.4. The summed E-state index contributed by atoms with van der Waals surface area (Å²) in [6.45, 7) is 1.96. The summed E-state index contributed by atoms with van der Waals surface area (Å²) in [4.78, 5) is 30.3. The van der Waals surface area contributed by atoms with Crippen LogP contribution in [0.3, 0.4) is 0 Å². The molecule has 13 heteroatoms. The van der Waals surface area contributed by atoms with Gasteiger partial charge in [0.05, 0.1) is 10.2 Å². The maximum Gasteiger partial charge on any atom is 0.253 e. The number of hydrogen-bond donors (Lipinski definition) is 3. The van der Waals surface area contributed by atoms with Crippen molar-refractivity contribution < 1.29 is 14.2 Å². The monoisotopic (exact) mass is 538 g/mol. The highest BCUT2D eigenvalue weighted by molar-refractivity contribution is 9.10. The zero-order chi connectivity index (χ0) is 23.4. The number of piperidine rings is 1. The Balaban J connectivity index is 1.39. The van der Waals surface area contributed by atoms with Gasteiger partial charge in [0.25, 0.3) is 10.9 Å². The van der Waals surface area contributed by atoms with Crippen LogP contribution in [0.25, 0.3) is 0 Å². The van der Waals surface area contributed by atoms with Gasteiger partial charge >= 0.3 is 0 Å². The lowest BCUT2D eigenvalue weighted by molar-refractivity contribution is 0.234. The van der Waals surface area contributed by atoms with Gasteiger partial charge in [0.15, 0.2) is 16.6 Å². The molecule has 174 valence electrons. The number of aromatic nitrogens is 2. The average molecular weight is 539 g/mol. The van der Waals surface area contributed by atoms with E-state index in [1.807, 2.05) is 10.4 Å². The Hall–Kier alpha value is -2.77. The minimum Gasteiger partial charge on any atom is -0.379 e. The Bertz CT molecular complexity index is 1240. The lowest BCUT2D eigenvalue weighted by atomic mass is 10.1. The van der Waals surface area contributed by atoms with Gasteiger partial charge < -0.3 is 10.2 Å². The SMILES string of the molecule is O=c1c(NCCSc2nonc2C(=Nc2ccc(F)c(Br)c2)NO)c(N2CCCCC2)c1=O. The second kappa shape index (κ2) is 10.4. The molecule has 2 aromatic carbocycles. The van der Waals surface area contributed by atoms with Gasteiger partial charge in [-0.05, 0) is 63.7 Å². The molecule has 0 spiro atoms. The predicted octanol–water partition coefficient (Wildman–Crippen LogP) is 2.82. The van der Waals surface area contributed by atoms with E-state index in [1.54, 1.807) is 0 Å². The Morgan fingerprint density at radius 2 is 2.03 bits per heavy atom. The summed E-state index contributed by atoms with van der Waals surface area (Å²) in [6, 6.07) is 4.12. The summed E-state index contributed by atoms with van der Waals surface area (Å²) in [7, 11) is 0. The predicted molar refractivity (Wildman–Crippen MR) is 126 cm³/mol. The number of halogens is 2. The topological polar surface area (TPSA) is 133 Å². The van der Waals surface area contributed by atoms with E-state index >= 15 is 0 Å². The standard InChI is InChI=1S/C20H20BrFN6O4S/c21-12-10-11(4-5-13(12)22)24-19(25-31)15-20(27-32-26-15)33-9-6-23-14-16(18(30)17(14)29)28-7-2-1-3-8-28/h4-5,10,23,31H,1-3,6-9H2,(H,24,25). The fourth-order valence-electron chi connectivity index (χ4n) is 3.52. The molecule has 1 aliphatic rings. The first-order valence-electron chi connectivity index (χ1n) is 10.2. The van der Waals surface area contributed by atoms with Gasteiger partial charge in [0, 0.05) is 25.4 Å². The molecule has 0 bridgehead atoms. The Morgan fingerprint density at radius 3 is 2.76 bits per heavy atom. The third-order valence-electron chi connectivity index (χ3n) is 5.13. The van der Waals surface area contributed by atoms with Gasteiger partial charge in [0.1, 0.15) is 17.2 Å². The molecule has 10 nitrogen and oxygen atoms in total. The van der Waals surface area contributed by atoms with E-state index in [0.29, 0.717) is 34.4 Å². The number of amidine groups is 1. The van der Waals surface area contributed by atoms with Crippen molar-refractivity contribution in [1.29, 1.82) is 0 Å². The molecule has 1 saturated heterocycles. The van der Waals surface area contributed by atoms with Crippen LogP contribution in [-0.2, 0) is 0 Å². The summed E-state index contributed by atoms with van der Waals surface area (Å²) in [6.07, 6.45) is 3.15. The van der Waals surface area contributed by atoms with Crippen LogP contribution in [0.2, 0.25) is 0 Å². The van der Waals surface area contributed by atoms with Crippen LogP contribution in [0, 0.1) is 5.82 Å². The Morgan fingerprint density at radius 1 is 1.24 bits per heavy atom. The molecule has 0 saturated carbocycles. The number of hydrogen-bond acceptors (Lipinski definition) is 10. The molecule has 4 rings (SSSR count). The van der Waals surface area contributed by atoms with Crippen LogP contribution in [0.5, 0.6) is 0 Å². The number of hydroxylamine groups is 1. The van der Waals surface area contributed by atoms with Crippen molar-refractivity contribution in [3.05, 3.63) is 54.6 Å². The van der Waals surface area contributed by atoms with Gasteiger partial charge in [-0.3, -0.25) is 20.3 Å². The van der Waals surface area contributed by atoms with Crippen LogP contribution < -0.4 is 26.6 Å². The Kier molecular flexibility index (Phi) is 7.40. The van der Waals surface area contributed by atoms with E-state index in [0.717, 1.165) is 32.4 Å². The molecule has 0 atom stereocenters. The first-order valence-corrected chi connectivity index (χ1v) is 12.0. The normalized spacial score (nSPS) is 14.6. The molecular formula is C20H20BrFN6O4S. The first-order chi connectivity index (χ1) is 16.0. The fraction of sp³-hybridized carbons (Fsp3) is 0.350. The van der Waals surface area contributed by atoms with Crippen molar-refractivity contribution in [3.63, 3.8) is 0 Å². The Labute approximate surface area is 200 Å². The van der Waals surface area contributed by atoms with Crippen molar-refractivity contribution in [2.75, 3.05) is 35.6 Å². The summed E-state index contributed by atoms with van der Waals surface area (Å²) in [5, 5.41) is 20.5. The molecule has 0 radical (unpaired) electrons. The van der Waals surface area contributed by atoms with Crippen LogP contribution in [0.4, 0.5) is 21.5 Å². The van der Waals surface area contributed by atoms with Gasteiger partial charge in [-0.1, -0.05) is 11.8 Å². The van der Waals surface area contributed by atoms with Crippen molar-refractivity contribution in [2.24, 2.45) is 4.99 Å². The minimum absolute atomic E-state index is 0.0277. The molecule has 0 aliphatic carbocycles. The van der Waals surface area contributed by atoms with Gasteiger partial charge in [0.2, 0.25) is 0 Å². The quantitative estimate of drug-likeness (QED) is 0.0980. The molecular weight excluding hydrogens is 519 g/mol.